The quantitative estimate of drug-likeness (QED) is 0.499. The Morgan fingerprint density at radius 1 is 0.844 bits per heavy atom. The maximum atomic E-state index is 13.0. The summed E-state index contributed by atoms with van der Waals surface area (Å²) in [5.74, 6) is 0.233. The molecule has 0 spiro atoms. The van der Waals surface area contributed by atoms with E-state index in [-0.39, 0.29) is 16.6 Å². The predicted octanol–water partition coefficient (Wildman–Crippen LogP) is 5.45. The van der Waals surface area contributed by atoms with Gasteiger partial charge in [-0.1, -0.05) is 18.2 Å². The standard InChI is InChI=1S/C25H28N2O4S/c1-16(2)31-23-8-6-7-21(15-23)26-25(28)20-11-9-18(4)24(14-20)32(29,30)27-22-12-10-17(3)19(5)13-22/h6-16,27H,1-5H3,(H,26,28). The molecule has 3 rings (SSSR count). The van der Waals surface area contributed by atoms with Gasteiger partial charge in [0.05, 0.1) is 11.0 Å². The molecule has 0 saturated carbocycles. The summed E-state index contributed by atoms with van der Waals surface area (Å²) in [6.45, 7) is 9.43. The molecule has 0 aromatic heterocycles. The van der Waals surface area contributed by atoms with Gasteiger partial charge in [-0.2, -0.15) is 0 Å². The lowest BCUT2D eigenvalue weighted by Crippen LogP contribution is -2.17. The number of sulfonamides is 1. The van der Waals surface area contributed by atoms with Gasteiger partial charge in [-0.3, -0.25) is 9.52 Å². The molecule has 0 radical (unpaired) electrons. The van der Waals surface area contributed by atoms with Crippen LogP contribution in [0.25, 0.3) is 0 Å². The molecule has 3 aromatic carbocycles. The zero-order valence-electron chi connectivity index (χ0n) is 18.9. The molecule has 6 nitrogen and oxygen atoms in total. The van der Waals surface area contributed by atoms with Crippen LogP contribution in [-0.2, 0) is 10.0 Å². The highest BCUT2D eigenvalue weighted by Gasteiger charge is 2.20. The molecular formula is C25H28N2O4S. The van der Waals surface area contributed by atoms with E-state index in [4.69, 9.17) is 4.74 Å². The van der Waals surface area contributed by atoms with Gasteiger partial charge >= 0.3 is 0 Å². The Balaban J connectivity index is 1.84. The summed E-state index contributed by atoms with van der Waals surface area (Å²) < 4.78 is 34.3. The van der Waals surface area contributed by atoms with Gasteiger partial charge in [0.2, 0.25) is 0 Å². The number of anilines is 2. The Bertz CT molecular complexity index is 1250. The number of carbonyl (C=O) groups excluding carboxylic acids is 1. The van der Waals surface area contributed by atoms with E-state index in [1.54, 1.807) is 49.4 Å². The van der Waals surface area contributed by atoms with Crippen molar-refractivity contribution in [2.45, 2.75) is 45.6 Å². The molecule has 0 heterocycles. The van der Waals surface area contributed by atoms with Gasteiger partial charge in [0, 0.05) is 23.0 Å². The summed E-state index contributed by atoms with van der Waals surface area (Å²) in [4.78, 5) is 12.9. The van der Waals surface area contributed by atoms with Crippen LogP contribution in [0.5, 0.6) is 5.75 Å². The van der Waals surface area contributed by atoms with E-state index in [0.29, 0.717) is 22.7 Å². The molecule has 0 bridgehead atoms. The summed E-state index contributed by atoms with van der Waals surface area (Å²) in [5.41, 5.74) is 3.89. The first-order valence-electron chi connectivity index (χ1n) is 10.3. The van der Waals surface area contributed by atoms with E-state index >= 15 is 0 Å². The predicted molar refractivity (Wildman–Crippen MR) is 128 cm³/mol. The average molecular weight is 453 g/mol. The zero-order chi connectivity index (χ0) is 23.5. The minimum Gasteiger partial charge on any atom is -0.491 e. The lowest BCUT2D eigenvalue weighted by Gasteiger charge is -2.14. The number of hydrogen-bond acceptors (Lipinski definition) is 4. The molecule has 3 aromatic rings. The summed E-state index contributed by atoms with van der Waals surface area (Å²) in [7, 11) is -3.87. The van der Waals surface area contributed by atoms with Crippen molar-refractivity contribution in [1.29, 1.82) is 0 Å². The van der Waals surface area contributed by atoms with Crippen LogP contribution in [0.4, 0.5) is 11.4 Å². The largest absolute Gasteiger partial charge is 0.491 e. The molecule has 1 amide bonds. The zero-order valence-corrected chi connectivity index (χ0v) is 19.7. The van der Waals surface area contributed by atoms with Crippen LogP contribution in [-0.4, -0.2) is 20.4 Å². The fourth-order valence-electron chi connectivity index (χ4n) is 3.17. The first kappa shape index (κ1) is 23.3. The van der Waals surface area contributed by atoms with Crippen molar-refractivity contribution in [3.8, 4) is 5.75 Å². The van der Waals surface area contributed by atoms with Crippen molar-refractivity contribution in [1.82, 2.24) is 0 Å². The van der Waals surface area contributed by atoms with Gasteiger partial charge in [0.1, 0.15) is 5.75 Å². The first-order chi connectivity index (χ1) is 15.0. The van der Waals surface area contributed by atoms with Crippen LogP contribution < -0.4 is 14.8 Å². The van der Waals surface area contributed by atoms with Gasteiger partial charge in [0.25, 0.3) is 15.9 Å². The highest BCUT2D eigenvalue weighted by Crippen LogP contribution is 2.24. The summed E-state index contributed by atoms with van der Waals surface area (Å²) in [5, 5.41) is 2.80. The normalized spacial score (nSPS) is 11.3. The summed E-state index contributed by atoms with van der Waals surface area (Å²) in [6, 6.07) is 17.1. The highest BCUT2D eigenvalue weighted by molar-refractivity contribution is 7.92. The minimum atomic E-state index is -3.87. The van der Waals surface area contributed by atoms with E-state index in [1.807, 2.05) is 39.8 Å². The Hall–Kier alpha value is -3.32. The Morgan fingerprint density at radius 2 is 1.56 bits per heavy atom. The highest BCUT2D eigenvalue weighted by atomic mass is 32.2. The van der Waals surface area contributed by atoms with Crippen molar-refractivity contribution in [2.24, 2.45) is 0 Å². The van der Waals surface area contributed by atoms with E-state index in [9.17, 15) is 13.2 Å². The molecule has 0 atom stereocenters. The average Bonchev–Trinajstić information content (AvgIpc) is 2.70. The van der Waals surface area contributed by atoms with Crippen molar-refractivity contribution < 1.29 is 17.9 Å². The molecule has 0 saturated heterocycles. The maximum absolute atomic E-state index is 13.0. The number of nitrogens with one attached hydrogen (secondary N) is 2. The van der Waals surface area contributed by atoms with Crippen LogP contribution in [0.15, 0.2) is 65.6 Å². The molecule has 0 fully saturated rings. The van der Waals surface area contributed by atoms with Gasteiger partial charge in [-0.15, -0.1) is 0 Å². The fraction of sp³-hybridized carbons (Fsp3) is 0.240. The molecule has 32 heavy (non-hydrogen) atoms. The fourth-order valence-corrected chi connectivity index (χ4v) is 4.49. The SMILES string of the molecule is Cc1ccc(NS(=O)(=O)c2cc(C(=O)Nc3cccc(OC(C)C)c3)ccc2C)cc1C. The first-order valence-corrected chi connectivity index (χ1v) is 11.8. The van der Waals surface area contributed by atoms with Crippen molar-refractivity contribution >= 4 is 27.3 Å². The number of rotatable bonds is 7. The van der Waals surface area contributed by atoms with Crippen LogP contribution >= 0.6 is 0 Å². The van der Waals surface area contributed by atoms with Gasteiger partial charge in [0.15, 0.2) is 0 Å². The third-order valence-corrected chi connectivity index (χ3v) is 6.49. The molecular weight excluding hydrogens is 424 g/mol. The van der Waals surface area contributed by atoms with E-state index in [1.165, 1.54) is 6.07 Å². The molecule has 168 valence electrons. The molecule has 0 aliphatic rings. The Morgan fingerprint density at radius 3 is 2.25 bits per heavy atom. The van der Waals surface area contributed by atoms with Gasteiger partial charge in [-0.25, -0.2) is 8.42 Å². The topological polar surface area (TPSA) is 84.5 Å². The van der Waals surface area contributed by atoms with Crippen molar-refractivity contribution in [3.05, 3.63) is 82.9 Å². The van der Waals surface area contributed by atoms with Gasteiger partial charge in [-0.05, 0) is 87.7 Å². The van der Waals surface area contributed by atoms with Crippen LogP contribution in [0.2, 0.25) is 0 Å². The third kappa shape index (κ3) is 5.68. The number of benzene rings is 3. The molecule has 7 heteroatoms. The van der Waals surface area contributed by atoms with Crippen LogP contribution in [0.1, 0.15) is 40.9 Å². The molecule has 0 aliphatic heterocycles. The van der Waals surface area contributed by atoms with E-state index in [2.05, 4.69) is 10.0 Å². The lowest BCUT2D eigenvalue weighted by molar-refractivity contribution is 0.102. The Labute approximate surface area is 189 Å². The number of carbonyl (C=O) groups is 1. The van der Waals surface area contributed by atoms with Gasteiger partial charge < -0.3 is 10.1 Å². The smallest absolute Gasteiger partial charge is 0.262 e. The van der Waals surface area contributed by atoms with E-state index < -0.39 is 15.9 Å². The molecule has 2 N–H and O–H groups in total. The van der Waals surface area contributed by atoms with Crippen molar-refractivity contribution in [2.75, 3.05) is 10.0 Å². The Kier molecular flexibility index (Phi) is 6.89. The second-order valence-electron chi connectivity index (χ2n) is 8.03. The third-order valence-electron chi connectivity index (χ3n) is 4.96. The second kappa shape index (κ2) is 9.44. The van der Waals surface area contributed by atoms with Crippen LogP contribution in [0.3, 0.4) is 0 Å². The summed E-state index contributed by atoms with van der Waals surface area (Å²) >= 11 is 0. The summed E-state index contributed by atoms with van der Waals surface area (Å²) in [6.07, 6.45) is 0.00984. The van der Waals surface area contributed by atoms with E-state index in [0.717, 1.165) is 11.1 Å². The van der Waals surface area contributed by atoms with Crippen LogP contribution in [0, 0.1) is 20.8 Å². The monoisotopic (exact) mass is 452 g/mol. The van der Waals surface area contributed by atoms with Crippen molar-refractivity contribution in [3.63, 3.8) is 0 Å². The maximum Gasteiger partial charge on any atom is 0.262 e. The lowest BCUT2D eigenvalue weighted by atomic mass is 10.1. The number of ether oxygens (including phenoxy) is 1. The number of aryl methyl sites for hydroxylation is 3. The molecule has 0 unspecified atom stereocenters. The number of amides is 1. The molecule has 0 aliphatic carbocycles. The number of hydrogen-bond donors (Lipinski definition) is 2. The second-order valence-corrected chi connectivity index (χ2v) is 9.68. The minimum absolute atomic E-state index is 0.00984.